The SMILES string of the molecule is CO[C@H]1[C@H](O)[C@H](O[C@H]2CC[C@@]3(C)[C@H](CC[C@@H]4[C@@H]3CC[C@]3(C)C(C5=CC(=O)OC5)CC[C@]43O)C2)O[C@@H](C)[C@@H]1O[C@@H]1O[C@H](COC2O[C@H](CO)[C@@H](O)[C@H](O)[C@H]2O)[C@@H](O)[C@H](O)[C@H]1O. The van der Waals surface area contributed by atoms with E-state index in [9.17, 15) is 50.8 Å². The number of hydrogen-bond acceptors (Lipinski definition) is 18. The molecule has 0 aromatic heterocycles. The van der Waals surface area contributed by atoms with Gasteiger partial charge in [0.2, 0.25) is 0 Å². The Morgan fingerprint density at radius 3 is 2.10 bits per heavy atom. The molecule has 18 heteroatoms. The normalized spacial score (nSPS) is 54.4. The fraction of sp³-hybridized carbons (Fsp3) is 0.929. The molecule has 0 spiro atoms. The van der Waals surface area contributed by atoms with Crippen LogP contribution < -0.4 is 0 Å². The van der Waals surface area contributed by atoms with Crippen LogP contribution in [0.4, 0.5) is 0 Å². The number of ether oxygens (including phenoxy) is 8. The molecule has 4 aliphatic carbocycles. The minimum Gasteiger partial charge on any atom is -0.458 e. The van der Waals surface area contributed by atoms with Gasteiger partial charge in [-0.05, 0) is 99.4 Å². The maximum atomic E-state index is 12.6. The van der Waals surface area contributed by atoms with Gasteiger partial charge in [-0.15, -0.1) is 0 Å². The first-order valence-corrected chi connectivity index (χ1v) is 21.8. The van der Waals surface area contributed by atoms with Crippen molar-refractivity contribution >= 4 is 5.97 Å². The largest absolute Gasteiger partial charge is 0.458 e. The first-order valence-electron chi connectivity index (χ1n) is 21.8. The third-order valence-corrected chi connectivity index (χ3v) is 16.5. The summed E-state index contributed by atoms with van der Waals surface area (Å²) in [4.78, 5) is 12.0. The fourth-order valence-corrected chi connectivity index (χ4v) is 13.0. The average molecular weight is 859 g/mol. The Bertz CT molecular complexity index is 1570. The zero-order valence-electron chi connectivity index (χ0n) is 34.8. The maximum absolute atomic E-state index is 12.6. The number of esters is 1. The first-order chi connectivity index (χ1) is 28.4. The number of aliphatic hydroxyl groups excluding tert-OH is 8. The summed E-state index contributed by atoms with van der Waals surface area (Å²) in [5.41, 5.74) is -0.0850. The monoisotopic (exact) mass is 858 g/mol. The molecule has 3 saturated heterocycles. The summed E-state index contributed by atoms with van der Waals surface area (Å²) < 4.78 is 46.6. The van der Waals surface area contributed by atoms with Gasteiger partial charge in [0.1, 0.15) is 73.8 Å². The molecule has 18 nitrogen and oxygen atoms in total. The van der Waals surface area contributed by atoms with Crippen LogP contribution in [0, 0.1) is 34.5 Å². The average Bonchev–Trinajstić information content (AvgIpc) is 3.78. The molecule has 0 aromatic rings. The predicted octanol–water partition coefficient (Wildman–Crippen LogP) is -1.24. The molecule has 0 amide bonds. The van der Waals surface area contributed by atoms with Crippen LogP contribution in [0.15, 0.2) is 11.6 Å². The third kappa shape index (κ3) is 7.50. The lowest BCUT2D eigenvalue weighted by molar-refractivity contribution is -0.367. The van der Waals surface area contributed by atoms with Crippen molar-refractivity contribution in [3.05, 3.63) is 11.6 Å². The summed E-state index contributed by atoms with van der Waals surface area (Å²) in [6.07, 6.45) is -11.9. The van der Waals surface area contributed by atoms with Crippen molar-refractivity contribution in [1.29, 1.82) is 0 Å². The van der Waals surface area contributed by atoms with Gasteiger partial charge in [-0.25, -0.2) is 4.79 Å². The zero-order chi connectivity index (χ0) is 43.1. The number of cyclic esters (lactones) is 1. The van der Waals surface area contributed by atoms with Crippen molar-refractivity contribution < 1.29 is 88.6 Å². The highest BCUT2D eigenvalue weighted by molar-refractivity contribution is 5.85. The van der Waals surface area contributed by atoms with Crippen LogP contribution in [-0.2, 0) is 42.7 Å². The van der Waals surface area contributed by atoms with E-state index >= 15 is 0 Å². The summed E-state index contributed by atoms with van der Waals surface area (Å²) in [5, 5.41) is 96.6. The van der Waals surface area contributed by atoms with Gasteiger partial charge in [0, 0.05) is 18.6 Å². The Kier molecular flexibility index (Phi) is 12.9. The van der Waals surface area contributed by atoms with E-state index in [1.165, 1.54) is 7.11 Å². The minimum absolute atomic E-state index is 0.00760. The van der Waals surface area contributed by atoms with E-state index in [2.05, 4.69) is 13.8 Å². The van der Waals surface area contributed by atoms with Crippen LogP contribution in [0.25, 0.3) is 0 Å². The third-order valence-electron chi connectivity index (χ3n) is 16.5. The summed E-state index contributed by atoms with van der Waals surface area (Å²) >= 11 is 0. The number of aliphatic hydroxyl groups is 9. The number of carbonyl (C=O) groups is 1. The number of methoxy groups -OCH3 is 1. The lowest BCUT2D eigenvalue weighted by atomic mass is 9.43. The molecule has 8 rings (SSSR count). The summed E-state index contributed by atoms with van der Waals surface area (Å²) in [5.74, 6) is 0.725. The van der Waals surface area contributed by atoms with E-state index in [0.717, 1.165) is 63.4 Å². The molecule has 7 fully saturated rings. The topological polar surface area (TPSA) is 273 Å². The van der Waals surface area contributed by atoms with Gasteiger partial charge in [-0.3, -0.25) is 0 Å². The van der Waals surface area contributed by atoms with Crippen LogP contribution in [-0.4, -0.2) is 183 Å². The maximum Gasteiger partial charge on any atom is 0.331 e. The fourth-order valence-electron chi connectivity index (χ4n) is 13.0. The number of fused-ring (bicyclic) bond motifs is 5. The van der Waals surface area contributed by atoms with Crippen molar-refractivity contribution in [3.8, 4) is 0 Å². The Balaban J connectivity index is 0.875. The second-order valence-electron chi connectivity index (χ2n) is 19.4. The Morgan fingerprint density at radius 1 is 0.733 bits per heavy atom. The quantitative estimate of drug-likeness (QED) is 0.0918. The molecular formula is C42H66O18. The van der Waals surface area contributed by atoms with E-state index in [1.807, 2.05) is 0 Å². The number of carbonyl (C=O) groups excluding carboxylic acids is 1. The van der Waals surface area contributed by atoms with Crippen molar-refractivity contribution in [2.45, 2.75) is 182 Å². The van der Waals surface area contributed by atoms with Crippen molar-refractivity contribution in [2.24, 2.45) is 34.5 Å². The van der Waals surface area contributed by atoms with E-state index < -0.39 is 111 Å². The Labute approximate surface area is 349 Å². The van der Waals surface area contributed by atoms with Gasteiger partial charge in [0.15, 0.2) is 18.9 Å². The van der Waals surface area contributed by atoms with Gasteiger partial charge < -0.3 is 83.9 Å². The molecule has 2 unspecified atom stereocenters. The van der Waals surface area contributed by atoms with Crippen LogP contribution in [0.2, 0.25) is 0 Å². The van der Waals surface area contributed by atoms with Gasteiger partial charge in [0.25, 0.3) is 0 Å². The van der Waals surface area contributed by atoms with Crippen molar-refractivity contribution in [1.82, 2.24) is 0 Å². The lowest BCUT2D eigenvalue weighted by Crippen LogP contribution is -2.65. The van der Waals surface area contributed by atoms with E-state index in [-0.39, 0.29) is 34.7 Å². The standard InChI is InChI=1S/C42H66O18/c1-18-35(60-38-33(50)31(48)29(46)26(59-38)17-55-37-32(49)30(47)28(45)25(15-43)58-37)36(53-4)34(51)39(56-18)57-21-7-10-40(2)20(14-21)5-6-24-23(40)8-11-41(3)22(9-12-42(24,41)52)19-13-27(44)54-16-19/h13,18,20-26,28-39,43,45-52H,5-12,14-17H2,1-4H3/t18-,20+,21-,22?,23-,24+,25+,26+,28+,29+,30-,31-,32+,33+,34-,35-,36-,37?,38-,39-,40-,41+,42-/m0/s1. The molecule has 0 radical (unpaired) electrons. The van der Waals surface area contributed by atoms with Crippen LogP contribution in [0.5, 0.6) is 0 Å². The van der Waals surface area contributed by atoms with Gasteiger partial charge in [0.05, 0.1) is 31.0 Å². The smallest absolute Gasteiger partial charge is 0.331 e. The second-order valence-corrected chi connectivity index (χ2v) is 19.4. The van der Waals surface area contributed by atoms with E-state index in [4.69, 9.17) is 37.9 Å². The molecule has 23 atom stereocenters. The van der Waals surface area contributed by atoms with Gasteiger partial charge >= 0.3 is 5.97 Å². The van der Waals surface area contributed by atoms with E-state index in [0.29, 0.717) is 18.4 Å². The highest BCUT2D eigenvalue weighted by atomic mass is 16.8. The molecule has 0 bridgehead atoms. The molecule has 9 N–H and O–H groups in total. The summed E-state index contributed by atoms with van der Waals surface area (Å²) in [6, 6.07) is 0. The predicted molar refractivity (Wildman–Crippen MR) is 203 cm³/mol. The lowest BCUT2D eigenvalue weighted by Gasteiger charge is -2.64. The number of hydrogen-bond donors (Lipinski definition) is 9. The second kappa shape index (κ2) is 17.2. The Morgan fingerprint density at radius 2 is 1.42 bits per heavy atom. The highest BCUT2D eigenvalue weighted by Gasteiger charge is 2.68. The summed E-state index contributed by atoms with van der Waals surface area (Å²) in [7, 11) is 1.39. The van der Waals surface area contributed by atoms with Gasteiger partial charge in [-0.1, -0.05) is 13.8 Å². The molecule has 342 valence electrons. The Hall–Kier alpha value is -1.43. The molecular weight excluding hydrogens is 792 g/mol. The summed E-state index contributed by atoms with van der Waals surface area (Å²) in [6.45, 7) is 5.42. The van der Waals surface area contributed by atoms with Crippen LogP contribution >= 0.6 is 0 Å². The molecule has 4 saturated carbocycles. The molecule has 8 aliphatic rings. The molecule has 4 heterocycles. The van der Waals surface area contributed by atoms with Gasteiger partial charge in [-0.2, -0.15) is 0 Å². The van der Waals surface area contributed by atoms with Crippen molar-refractivity contribution in [2.75, 3.05) is 26.9 Å². The van der Waals surface area contributed by atoms with Crippen molar-refractivity contribution in [3.63, 3.8) is 0 Å². The minimum atomic E-state index is -1.77. The highest BCUT2D eigenvalue weighted by Crippen LogP contribution is 2.70. The molecule has 0 aromatic carbocycles. The van der Waals surface area contributed by atoms with Crippen LogP contribution in [0.3, 0.4) is 0 Å². The zero-order valence-corrected chi connectivity index (χ0v) is 34.8. The van der Waals surface area contributed by atoms with E-state index in [1.54, 1.807) is 13.0 Å². The number of rotatable bonds is 10. The first kappa shape index (κ1) is 45.1. The van der Waals surface area contributed by atoms with Crippen LogP contribution in [0.1, 0.15) is 78.6 Å². The molecule has 60 heavy (non-hydrogen) atoms. The molecule has 4 aliphatic heterocycles.